The average Bonchev–Trinajstić information content (AvgIpc) is 3.17. The number of allylic oxidation sites excluding steroid dienone is 1. The maximum Gasteiger partial charge on any atom is 0.451 e. The SMILES string of the molecule is CC(C)C(=O)OCC1CCC([N+]2(C)C=CC(N)=NC2=O)O1.CCC(=O)/C=C\C(=O)O. The number of rotatable bonds is 7. The van der Waals surface area contributed by atoms with Gasteiger partial charge in [0, 0.05) is 25.0 Å². The maximum absolute atomic E-state index is 12.1. The van der Waals surface area contributed by atoms with Gasteiger partial charge in [0.05, 0.1) is 19.1 Å². The lowest BCUT2D eigenvalue weighted by Gasteiger charge is -2.32. The topological polar surface area (TPSA) is 145 Å². The number of amidine groups is 1. The number of hydrogen-bond acceptors (Lipinski definition) is 7. The van der Waals surface area contributed by atoms with Crippen molar-refractivity contribution in [3.8, 4) is 0 Å². The standard InChI is InChI=1S/C14H21N3O4.C6H8O3/c1-9(2)13(18)20-8-10-4-5-12(21-10)17(3)7-6-11(15)16-14(17)19;1-2-5(7)3-4-6(8)9/h6-7,9-10,12H,4-5,8H2,1-3H3,(H-,15,16,19);3-4H,2H2,1H3,(H,8,9)/p+1/b;4-3-. The Morgan fingerprint density at radius 2 is 2.03 bits per heavy atom. The molecule has 2 aliphatic rings. The second kappa shape index (κ2) is 11.4. The van der Waals surface area contributed by atoms with E-state index in [0.29, 0.717) is 12.8 Å². The normalized spacial score (nSPS) is 25.6. The first-order chi connectivity index (χ1) is 14.0. The molecule has 2 rings (SSSR count). The number of esters is 1. The molecule has 0 spiro atoms. The van der Waals surface area contributed by atoms with Gasteiger partial charge in [-0.1, -0.05) is 20.8 Å². The molecule has 3 N–H and O–H groups in total. The van der Waals surface area contributed by atoms with Crippen LogP contribution in [-0.2, 0) is 23.9 Å². The number of nitrogens with two attached hydrogens (primary N) is 1. The smallest absolute Gasteiger partial charge is 0.451 e. The third-order valence-electron chi connectivity index (χ3n) is 4.52. The summed E-state index contributed by atoms with van der Waals surface area (Å²) in [6.45, 7) is 5.46. The van der Waals surface area contributed by atoms with Crippen LogP contribution < -0.4 is 5.73 Å². The van der Waals surface area contributed by atoms with Gasteiger partial charge < -0.3 is 20.3 Å². The molecule has 3 unspecified atom stereocenters. The first-order valence-corrected chi connectivity index (χ1v) is 9.69. The first-order valence-electron chi connectivity index (χ1n) is 9.69. The number of aliphatic imine (C=N–C) groups is 1. The zero-order valence-electron chi connectivity index (χ0n) is 17.7. The number of nitrogens with zero attached hydrogens (tertiary/aromatic N) is 2. The predicted molar refractivity (Wildman–Crippen MR) is 108 cm³/mol. The minimum Gasteiger partial charge on any atom is -0.478 e. The van der Waals surface area contributed by atoms with E-state index in [4.69, 9.17) is 20.3 Å². The lowest BCUT2D eigenvalue weighted by Crippen LogP contribution is -2.53. The summed E-state index contributed by atoms with van der Waals surface area (Å²) >= 11 is 0. The van der Waals surface area contributed by atoms with E-state index in [2.05, 4.69) is 4.99 Å². The van der Waals surface area contributed by atoms with E-state index in [1.165, 1.54) is 0 Å². The van der Waals surface area contributed by atoms with E-state index in [-0.39, 0.29) is 53.0 Å². The van der Waals surface area contributed by atoms with E-state index in [9.17, 15) is 19.2 Å². The number of hydrogen-bond donors (Lipinski definition) is 2. The summed E-state index contributed by atoms with van der Waals surface area (Å²) < 4.78 is 11.0. The van der Waals surface area contributed by atoms with Gasteiger partial charge in [-0.2, -0.15) is 4.48 Å². The number of quaternary nitrogens is 1. The van der Waals surface area contributed by atoms with Crippen LogP contribution in [-0.4, -0.2) is 65.2 Å². The van der Waals surface area contributed by atoms with Gasteiger partial charge in [-0.15, -0.1) is 4.99 Å². The van der Waals surface area contributed by atoms with E-state index in [0.717, 1.165) is 18.6 Å². The summed E-state index contributed by atoms with van der Waals surface area (Å²) in [6.07, 6.45) is 6.48. The van der Waals surface area contributed by atoms with Crippen molar-refractivity contribution in [2.75, 3.05) is 13.7 Å². The minimum atomic E-state index is -1.09. The summed E-state index contributed by atoms with van der Waals surface area (Å²) in [5.41, 5.74) is 5.52. The first kappa shape index (κ1) is 25.2. The number of carboxylic acid groups (broad SMARTS) is 1. The molecule has 166 valence electrons. The number of amides is 2. The molecule has 2 aliphatic heterocycles. The van der Waals surface area contributed by atoms with Crippen molar-refractivity contribution in [1.82, 2.24) is 0 Å². The Balaban J connectivity index is 0.000000424. The van der Waals surface area contributed by atoms with Gasteiger partial charge in [0.1, 0.15) is 18.6 Å². The average molecular weight is 424 g/mol. The molecule has 10 heteroatoms. The van der Waals surface area contributed by atoms with E-state index in [1.54, 1.807) is 40.1 Å². The molecule has 0 radical (unpaired) electrons. The third-order valence-corrected chi connectivity index (χ3v) is 4.52. The molecule has 3 atom stereocenters. The molecule has 1 fully saturated rings. The summed E-state index contributed by atoms with van der Waals surface area (Å²) in [5, 5.41) is 8.02. The fourth-order valence-electron chi connectivity index (χ4n) is 2.60. The Bertz CT molecular complexity index is 757. The molecule has 2 amide bonds. The lowest BCUT2D eigenvalue weighted by atomic mass is 10.2. The monoisotopic (exact) mass is 424 g/mol. The van der Waals surface area contributed by atoms with Crippen LogP contribution in [0.25, 0.3) is 0 Å². The largest absolute Gasteiger partial charge is 0.478 e. The molecule has 2 heterocycles. The molecular weight excluding hydrogens is 394 g/mol. The fraction of sp³-hybridized carbons (Fsp3) is 0.550. The van der Waals surface area contributed by atoms with Crippen LogP contribution in [0.4, 0.5) is 4.79 Å². The zero-order chi connectivity index (χ0) is 22.9. The maximum atomic E-state index is 12.1. The highest BCUT2D eigenvalue weighted by Crippen LogP contribution is 2.30. The van der Waals surface area contributed by atoms with Crippen molar-refractivity contribution in [2.24, 2.45) is 16.6 Å². The van der Waals surface area contributed by atoms with Gasteiger partial charge in [0.25, 0.3) is 0 Å². The molecule has 10 nitrogen and oxygen atoms in total. The summed E-state index contributed by atoms with van der Waals surface area (Å²) in [4.78, 5) is 47.4. The van der Waals surface area contributed by atoms with Crippen LogP contribution in [0.5, 0.6) is 0 Å². The Morgan fingerprint density at radius 1 is 1.37 bits per heavy atom. The van der Waals surface area contributed by atoms with Crippen LogP contribution in [0, 0.1) is 5.92 Å². The Hall–Kier alpha value is -2.85. The number of carbonyl (C=O) groups excluding carboxylic acids is 3. The number of ether oxygens (including phenoxy) is 2. The van der Waals surface area contributed by atoms with Gasteiger partial charge in [0.15, 0.2) is 5.78 Å². The van der Waals surface area contributed by atoms with Gasteiger partial charge >= 0.3 is 18.0 Å². The molecule has 0 bridgehead atoms. The van der Waals surface area contributed by atoms with Crippen molar-refractivity contribution in [2.45, 2.75) is 52.4 Å². The quantitative estimate of drug-likeness (QED) is 0.357. The minimum absolute atomic E-state index is 0.0602. The molecular formula is C20H30N3O7+. The number of carbonyl (C=O) groups is 4. The van der Waals surface area contributed by atoms with Crippen LogP contribution in [0.1, 0.15) is 40.0 Å². The number of aliphatic carboxylic acids is 1. The lowest BCUT2D eigenvalue weighted by molar-refractivity contribution is -0.830. The van der Waals surface area contributed by atoms with Gasteiger partial charge in [-0.3, -0.25) is 9.59 Å². The highest BCUT2D eigenvalue weighted by atomic mass is 16.6. The van der Waals surface area contributed by atoms with Crippen molar-refractivity contribution >= 4 is 29.6 Å². The molecule has 1 saturated heterocycles. The third kappa shape index (κ3) is 7.53. The molecule has 30 heavy (non-hydrogen) atoms. The van der Waals surface area contributed by atoms with Crippen LogP contribution >= 0.6 is 0 Å². The number of carboxylic acids is 1. The molecule has 0 aromatic rings. The highest BCUT2D eigenvalue weighted by Gasteiger charge is 2.46. The molecule has 0 aliphatic carbocycles. The van der Waals surface area contributed by atoms with E-state index < -0.39 is 5.97 Å². The van der Waals surface area contributed by atoms with E-state index in [1.807, 2.05) is 0 Å². The van der Waals surface area contributed by atoms with Gasteiger partial charge in [-0.25, -0.2) is 9.59 Å². The molecule has 0 aromatic heterocycles. The summed E-state index contributed by atoms with van der Waals surface area (Å²) in [7, 11) is 1.74. The second-order valence-corrected chi connectivity index (χ2v) is 7.35. The highest BCUT2D eigenvalue weighted by molar-refractivity contribution is 5.99. The van der Waals surface area contributed by atoms with Crippen molar-refractivity contribution < 1.29 is 38.2 Å². The fourth-order valence-corrected chi connectivity index (χ4v) is 2.60. The summed E-state index contributed by atoms with van der Waals surface area (Å²) in [6, 6.07) is -0.347. The van der Waals surface area contributed by atoms with Crippen LogP contribution in [0.2, 0.25) is 0 Å². The second-order valence-electron chi connectivity index (χ2n) is 7.35. The van der Waals surface area contributed by atoms with E-state index >= 15 is 0 Å². The number of urea groups is 1. The van der Waals surface area contributed by atoms with Gasteiger partial charge in [0.2, 0.25) is 6.23 Å². The van der Waals surface area contributed by atoms with Crippen molar-refractivity contribution in [3.63, 3.8) is 0 Å². The Morgan fingerprint density at radius 3 is 2.57 bits per heavy atom. The molecule has 0 saturated carbocycles. The van der Waals surface area contributed by atoms with Crippen LogP contribution in [0.15, 0.2) is 29.4 Å². The zero-order valence-corrected chi connectivity index (χ0v) is 17.7. The van der Waals surface area contributed by atoms with Crippen LogP contribution in [0.3, 0.4) is 0 Å². The van der Waals surface area contributed by atoms with Gasteiger partial charge in [-0.05, 0) is 12.5 Å². The van der Waals surface area contributed by atoms with Crippen molar-refractivity contribution in [1.29, 1.82) is 0 Å². The number of ketones is 1. The molecule has 0 aromatic carbocycles. The Kier molecular flexibility index (Phi) is 9.54. The van der Waals surface area contributed by atoms with Crippen molar-refractivity contribution in [3.05, 3.63) is 24.4 Å². The summed E-state index contributed by atoms with van der Waals surface area (Å²) in [5.74, 6) is -1.45. The Labute approximate surface area is 175 Å². The predicted octanol–water partition coefficient (Wildman–Crippen LogP) is 1.75.